The van der Waals surface area contributed by atoms with Gasteiger partial charge in [-0.2, -0.15) is 0 Å². The summed E-state index contributed by atoms with van der Waals surface area (Å²) in [5.74, 6) is -1.11. The van der Waals surface area contributed by atoms with Crippen LogP contribution in [0.4, 0.5) is 0 Å². The summed E-state index contributed by atoms with van der Waals surface area (Å²) in [6.07, 6.45) is 7.78. The SMILES string of the molecule is CCCC(C(=O)NCCC(=O)O)n1cccc(CCN(C)C)c1=S.Cc1cccc(C)c1-c1cccnc1. The monoisotopic (exact) mass is 536 g/mol. The molecule has 1 amide bonds. The summed E-state index contributed by atoms with van der Waals surface area (Å²) >= 11 is 5.58. The van der Waals surface area contributed by atoms with E-state index < -0.39 is 12.0 Å². The van der Waals surface area contributed by atoms with Gasteiger partial charge in [-0.3, -0.25) is 14.6 Å². The molecule has 0 aliphatic heterocycles. The number of aromatic nitrogens is 2. The fourth-order valence-corrected chi connectivity index (χ4v) is 4.56. The second-order valence-electron chi connectivity index (χ2n) is 9.55. The lowest BCUT2D eigenvalue weighted by Crippen LogP contribution is -2.34. The molecular weight excluding hydrogens is 496 g/mol. The number of aryl methyl sites for hydroxylation is 2. The van der Waals surface area contributed by atoms with E-state index in [2.05, 4.69) is 53.3 Å². The number of rotatable bonds is 11. The zero-order valence-corrected chi connectivity index (χ0v) is 23.9. The molecule has 0 aliphatic rings. The standard InChI is InChI=1S/C17H27N3O3S.C13H13N/c1-4-6-14(16(23)18-10-8-15(21)22)20-11-5-7-13(17(20)24)9-12-19(2)3;1-10-5-3-6-11(2)13(10)12-7-4-8-14-9-12/h5,7,11,14H,4,6,8-10,12H2,1-3H3,(H,18,23)(H,21,22);3-9H,1-2H3. The molecule has 0 aliphatic carbocycles. The number of carbonyl (C=O) groups excluding carboxylic acids is 1. The molecule has 8 heteroatoms. The molecule has 1 unspecified atom stereocenters. The van der Waals surface area contributed by atoms with Gasteiger partial charge in [0.1, 0.15) is 10.7 Å². The maximum atomic E-state index is 12.5. The molecule has 2 heterocycles. The number of carboxylic acids is 1. The maximum absolute atomic E-state index is 12.5. The number of carbonyl (C=O) groups is 2. The van der Waals surface area contributed by atoms with Crippen molar-refractivity contribution >= 4 is 24.1 Å². The van der Waals surface area contributed by atoms with Gasteiger partial charge >= 0.3 is 5.97 Å². The molecule has 0 saturated heterocycles. The van der Waals surface area contributed by atoms with Crippen molar-refractivity contribution < 1.29 is 14.7 Å². The predicted molar refractivity (Wildman–Crippen MR) is 156 cm³/mol. The Kier molecular flexibility index (Phi) is 12.8. The Balaban J connectivity index is 0.000000304. The van der Waals surface area contributed by atoms with Crippen molar-refractivity contribution in [2.45, 2.75) is 52.5 Å². The molecule has 1 aromatic carbocycles. The van der Waals surface area contributed by atoms with Crippen molar-refractivity contribution in [3.8, 4) is 11.1 Å². The van der Waals surface area contributed by atoms with Gasteiger partial charge in [-0.1, -0.05) is 55.9 Å². The summed E-state index contributed by atoms with van der Waals surface area (Å²) in [6, 6.07) is 13.9. The Morgan fingerprint density at radius 2 is 1.82 bits per heavy atom. The lowest BCUT2D eigenvalue weighted by molar-refractivity contribution is -0.137. The first kappa shape index (κ1) is 30.9. The zero-order valence-electron chi connectivity index (χ0n) is 23.1. The largest absolute Gasteiger partial charge is 0.481 e. The third-order valence-electron chi connectivity index (χ3n) is 6.15. The third-order valence-corrected chi connectivity index (χ3v) is 6.62. The Bertz CT molecular complexity index is 1220. The van der Waals surface area contributed by atoms with Crippen LogP contribution in [0.15, 0.2) is 61.1 Å². The van der Waals surface area contributed by atoms with Crippen LogP contribution in [0.1, 0.15) is 48.9 Å². The van der Waals surface area contributed by atoms with E-state index in [9.17, 15) is 9.59 Å². The number of likely N-dealkylation sites (N-methyl/N-ethyl adjacent to an activating group) is 1. The Morgan fingerprint density at radius 1 is 1.11 bits per heavy atom. The van der Waals surface area contributed by atoms with Crippen molar-refractivity contribution in [1.82, 2.24) is 19.8 Å². The number of nitrogens with zero attached hydrogens (tertiary/aromatic N) is 3. The molecule has 7 nitrogen and oxygen atoms in total. The molecule has 0 bridgehead atoms. The van der Waals surface area contributed by atoms with Gasteiger partial charge in [-0.05, 0) is 75.2 Å². The number of aliphatic carboxylic acids is 1. The van der Waals surface area contributed by atoms with Crippen molar-refractivity contribution in [1.29, 1.82) is 0 Å². The molecule has 0 radical (unpaired) electrons. The highest BCUT2D eigenvalue weighted by Gasteiger charge is 2.20. The summed E-state index contributed by atoms with van der Waals surface area (Å²) < 4.78 is 2.51. The minimum Gasteiger partial charge on any atom is -0.481 e. The topological polar surface area (TPSA) is 87.5 Å². The van der Waals surface area contributed by atoms with Crippen LogP contribution in [0.3, 0.4) is 0 Å². The number of hydrogen-bond acceptors (Lipinski definition) is 5. The molecule has 2 N–H and O–H groups in total. The van der Waals surface area contributed by atoms with E-state index >= 15 is 0 Å². The highest BCUT2D eigenvalue weighted by Crippen LogP contribution is 2.25. The number of hydrogen-bond donors (Lipinski definition) is 2. The first-order valence-corrected chi connectivity index (χ1v) is 13.4. The third kappa shape index (κ3) is 9.50. The van der Waals surface area contributed by atoms with Crippen LogP contribution in [0, 0.1) is 18.5 Å². The highest BCUT2D eigenvalue weighted by molar-refractivity contribution is 7.71. The molecule has 2 aromatic heterocycles. The van der Waals surface area contributed by atoms with Gasteiger partial charge in [-0.25, -0.2) is 0 Å². The van der Waals surface area contributed by atoms with Crippen LogP contribution in [-0.2, 0) is 16.0 Å². The number of benzene rings is 1. The van der Waals surface area contributed by atoms with Gasteiger partial charge in [0.05, 0.1) is 6.42 Å². The van der Waals surface area contributed by atoms with E-state index in [1.165, 1.54) is 22.3 Å². The average Bonchev–Trinajstić information content (AvgIpc) is 2.87. The van der Waals surface area contributed by atoms with E-state index in [1.807, 2.05) is 56.2 Å². The van der Waals surface area contributed by atoms with Crippen molar-refractivity contribution in [2.75, 3.05) is 27.2 Å². The van der Waals surface area contributed by atoms with Crippen LogP contribution in [0.25, 0.3) is 11.1 Å². The Hall–Kier alpha value is -3.36. The van der Waals surface area contributed by atoms with Gasteiger partial charge in [-0.15, -0.1) is 0 Å². The van der Waals surface area contributed by atoms with E-state index in [4.69, 9.17) is 17.3 Å². The highest BCUT2D eigenvalue weighted by atomic mass is 32.1. The average molecular weight is 537 g/mol. The quantitative estimate of drug-likeness (QED) is 0.309. The molecule has 0 spiro atoms. The summed E-state index contributed by atoms with van der Waals surface area (Å²) in [6.45, 7) is 7.29. The normalized spacial score (nSPS) is 11.4. The first-order valence-electron chi connectivity index (χ1n) is 13.0. The van der Waals surface area contributed by atoms with Crippen molar-refractivity contribution in [3.05, 3.63) is 82.4 Å². The summed E-state index contributed by atoms with van der Waals surface area (Å²) in [4.78, 5) is 29.3. The molecule has 3 rings (SSSR count). The van der Waals surface area contributed by atoms with E-state index in [1.54, 1.807) is 6.20 Å². The minimum atomic E-state index is -0.926. The van der Waals surface area contributed by atoms with Crippen molar-refractivity contribution in [2.24, 2.45) is 0 Å². The molecule has 204 valence electrons. The lowest BCUT2D eigenvalue weighted by atomic mass is 9.97. The molecular formula is C30H40N4O3S. The molecule has 38 heavy (non-hydrogen) atoms. The smallest absolute Gasteiger partial charge is 0.305 e. The number of pyridine rings is 2. The summed E-state index contributed by atoms with van der Waals surface area (Å²) in [7, 11) is 4.02. The van der Waals surface area contributed by atoms with Crippen molar-refractivity contribution in [3.63, 3.8) is 0 Å². The van der Waals surface area contributed by atoms with Gasteiger partial charge in [0.2, 0.25) is 5.91 Å². The second kappa shape index (κ2) is 15.8. The van der Waals surface area contributed by atoms with Crippen LogP contribution in [-0.4, -0.2) is 58.6 Å². The predicted octanol–water partition coefficient (Wildman–Crippen LogP) is 5.62. The van der Waals surface area contributed by atoms with Gasteiger partial charge in [0.15, 0.2) is 0 Å². The first-order chi connectivity index (χ1) is 18.1. The van der Waals surface area contributed by atoms with E-state index in [0.29, 0.717) is 11.1 Å². The number of carboxylic acid groups (broad SMARTS) is 1. The summed E-state index contributed by atoms with van der Waals surface area (Å²) in [5.41, 5.74) is 6.15. The Labute approximate surface area is 231 Å². The van der Waals surface area contributed by atoms with Gasteiger partial charge < -0.3 is 19.9 Å². The zero-order chi connectivity index (χ0) is 28.1. The van der Waals surface area contributed by atoms with Crippen LogP contribution < -0.4 is 5.32 Å². The van der Waals surface area contributed by atoms with Crippen LogP contribution in [0.5, 0.6) is 0 Å². The maximum Gasteiger partial charge on any atom is 0.305 e. The molecule has 1 atom stereocenters. The Morgan fingerprint density at radius 3 is 2.39 bits per heavy atom. The van der Waals surface area contributed by atoms with E-state index in [0.717, 1.165) is 24.9 Å². The number of nitrogens with one attached hydrogen (secondary N) is 1. The fourth-order valence-electron chi connectivity index (χ4n) is 4.20. The molecule has 0 saturated carbocycles. The molecule has 0 fully saturated rings. The second-order valence-corrected chi connectivity index (χ2v) is 9.93. The summed E-state index contributed by atoms with van der Waals surface area (Å²) in [5, 5.41) is 11.4. The van der Waals surface area contributed by atoms with Crippen LogP contribution >= 0.6 is 12.2 Å². The fraction of sp³-hybridized carbons (Fsp3) is 0.400. The van der Waals surface area contributed by atoms with Crippen LogP contribution in [0.2, 0.25) is 0 Å². The van der Waals surface area contributed by atoms with Gasteiger partial charge in [0, 0.05) is 37.2 Å². The molecule has 3 aromatic rings. The van der Waals surface area contributed by atoms with E-state index in [-0.39, 0.29) is 18.9 Å². The minimum absolute atomic E-state index is 0.0845. The number of amides is 1. The lowest BCUT2D eigenvalue weighted by Gasteiger charge is -2.21. The van der Waals surface area contributed by atoms with Gasteiger partial charge in [0.25, 0.3) is 0 Å².